The van der Waals surface area contributed by atoms with Gasteiger partial charge in [-0.2, -0.15) is 0 Å². The molecular weight excluding hydrogens is 281 g/mol. The molecule has 0 saturated heterocycles. The first-order valence-electron chi connectivity index (χ1n) is 4.18. The van der Waals surface area contributed by atoms with Crippen molar-refractivity contribution >= 4 is 64.5 Å². The van der Waals surface area contributed by atoms with Gasteiger partial charge in [-0.1, -0.05) is 11.6 Å². The van der Waals surface area contributed by atoms with Crippen LogP contribution in [0.4, 0.5) is 4.39 Å². The second-order valence-corrected chi connectivity index (χ2v) is 3.72. The Kier molecular flexibility index (Phi) is 7.28. The first-order valence-corrected chi connectivity index (χ1v) is 5.00. The zero-order valence-corrected chi connectivity index (χ0v) is 9.68. The summed E-state index contributed by atoms with van der Waals surface area (Å²) in [7, 11) is 1.10. The molecule has 0 saturated carbocycles. The summed E-state index contributed by atoms with van der Waals surface area (Å²) in [4.78, 5) is 22.5. The molecule has 1 rings (SSSR count). The Hall–Kier alpha value is -0.130. The molecule has 0 fully saturated rings. The minimum atomic E-state index is -1.48. The molecule has 0 spiro atoms. The van der Waals surface area contributed by atoms with Crippen LogP contribution < -0.4 is 0 Å². The molecule has 0 aliphatic heterocycles. The van der Waals surface area contributed by atoms with Gasteiger partial charge in [-0.05, 0) is 18.2 Å². The molecule has 0 N–H and O–H groups in total. The summed E-state index contributed by atoms with van der Waals surface area (Å²) in [6, 6.07) is 3.42. The quantitative estimate of drug-likeness (QED) is 0.280. The number of alkyl halides is 1. The maximum atomic E-state index is 13.0. The van der Waals surface area contributed by atoms with Crippen molar-refractivity contribution < 1.29 is 18.7 Å². The maximum absolute atomic E-state index is 13.0. The Bertz CT molecular complexity index is 440. The number of methoxy groups -OCH3 is 1. The van der Waals surface area contributed by atoms with E-state index in [4.69, 9.17) is 23.2 Å². The molecule has 17 heavy (non-hydrogen) atoms. The number of ether oxygens (including phenoxy) is 1. The fourth-order valence-corrected chi connectivity index (χ4v) is 1.34. The van der Waals surface area contributed by atoms with Crippen molar-refractivity contribution in [2.24, 2.45) is 0 Å². The molecule has 1 atom stereocenters. The van der Waals surface area contributed by atoms with Crippen LogP contribution in [0.1, 0.15) is 10.4 Å². The van der Waals surface area contributed by atoms with Crippen LogP contribution >= 0.6 is 23.2 Å². The third-order valence-corrected chi connectivity index (χ3v) is 2.53. The van der Waals surface area contributed by atoms with E-state index in [0.29, 0.717) is 0 Å². The third kappa shape index (κ3) is 4.23. The monoisotopic (exact) mass is 288 g/mol. The van der Waals surface area contributed by atoms with E-state index in [1.807, 2.05) is 0 Å². The molecular formula is C10H8Cl2FNaO3. The van der Waals surface area contributed by atoms with E-state index in [2.05, 4.69) is 4.74 Å². The molecule has 0 radical (unpaired) electrons. The average Bonchev–Trinajstić information content (AvgIpc) is 2.29. The summed E-state index contributed by atoms with van der Waals surface area (Å²) in [5.41, 5.74) is -0.0349. The Morgan fingerprint density at radius 1 is 1.41 bits per heavy atom. The molecule has 7 heteroatoms. The van der Waals surface area contributed by atoms with Gasteiger partial charge in [0.15, 0.2) is 11.2 Å². The molecule has 0 bridgehead atoms. The Labute approximate surface area is 130 Å². The van der Waals surface area contributed by atoms with Crippen LogP contribution in [-0.4, -0.2) is 53.8 Å². The SMILES string of the molecule is COC(=O)C(Cl)C(=O)c1ccc(Cl)c(F)c1.[NaH]. The van der Waals surface area contributed by atoms with Gasteiger partial charge in [0.05, 0.1) is 12.1 Å². The Balaban J connectivity index is 0.00000256. The summed E-state index contributed by atoms with van der Waals surface area (Å²) >= 11 is 11.0. The zero-order chi connectivity index (χ0) is 12.3. The molecule has 0 amide bonds. The second-order valence-electron chi connectivity index (χ2n) is 2.88. The molecule has 88 valence electrons. The van der Waals surface area contributed by atoms with Crippen molar-refractivity contribution in [3.63, 3.8) is 0 Å². The first kappa shape index (κ1) is 16.9. The van der Waals surface area contributed by atoms with Gasteiger partial charge in [0.25, 0.3) is 0 Å². The van der Waals surface area contributed by atoms with Gasteiger partial charge >= 0.3 is 35.5 Å². The van der Waals surface area contributed by atoms with Crippen LogP contribution in [-0.2, 0) is 9.53 Å². The second kappa shape index (κ2) is 7.34. The summed E-state index contributed by atoms with van der Waals surface area (Å²) in [5.74, 6) is -2.37. The van der Waals surface area contributed by atoms with Gasteiger partial charge in [0.2, 0.25) is 0 Å². The summed E-state index contributed by atoms with van der Waals surface area (Å²) < 4.78 is 17.3. The first-order chi connectivity index (χ1) is 7.47. The number of benzene rings is 1. The number of halogens is 3. The number of carbonyl (C=O) groups excluding carboxylic acids is 2. The van der Waals surface area contributed by atoms with E-state index in [9.17, 15) is 14.0 Å². The fraction of sp³-hybridized carbons (Fsp3) is 0.200. The molecule has 1 aromatic rings. The van der Waals surface area contributed by atoms with Gasteiger partial charge in [0, 0.05) is 5.56 Å². The number of esters is 1. The summed E-state index contributed by atoms with van der Waals surface area (Å²) in [6.07, 6.45) is 0. The van der Waals surface area contributed by atoms with E-state index in [1.54, 1.807) is 0 Å². The number of carbonyl (C=O) groups is 2. The number of Topliss-reactive ketones (excluding diaryl/α,β-unsaturated/α-hetero) is 1. The van der Waals surface area contributed by atoms with Crippen LogP contribution in [0.25, 0.3) is 0 Å². The zero-order valence-electron chi connectivity index (χ0n) is 8.17. The Morgan fingerprint density at radius 3 is 2.47 bits per heavy atom. The van der Waals surface area contributed by atoms with Crippen molar-refractivity contribution in [3.05, 3.63) is 34.6 Å². The van der Waals surface area contributed by atoms with Crippen molar-refractivity contribution in [2.45, 2.75) is 5.38 Å². The van der Waals surface area contributed by atoms with E-state index < -0.39 is 22.9 Å². The van der Waals surface area contributed by atoms with Gasteiger partial charge in [-0.3, -0.25) is 4.79 Å². The van der Waals surface area contributed by atoms with E-state index in [1.165, 1.54) is 12.1 Å². The van der Waals surface area contributed by atoms with Crippen LogP contribution in [0.2, 0.25) is 5.02 Å². The summed E-state index contributed by atoms with van der Waals surface area (Å²) in [5, 5.41) is -1.59. The van der Waals surface area contributed by atoms with Gasteiger partial charge in [0.1, 0.15) is 5.82 Å². The van der Waals surface area contributed by atoms with Gasteiger partial charge < -0.3 is 4.74 Å². The number of hydrogen-bond donors (Lipinski definition) is 0. The van der Waals surface area contributed by atoms with Crippen LogP contribution in [0.5, 0.6) is 0 Å². The van der Waals surface area contributed by atoms with Crippen molar-refractivity contribution in [3.8, 4) is 0 Å². The van der Waals surface area contributed by atoms with Gasteiger partial charge in [-0.25, -0.2) is 9.18 Å². The molecule has 0 aliphatic rings. The molecule has 1 aromatic carbocycles. The van der Waals surface area contributed by atoms with Crippen LogP contribution in [0.15, 0.2) is 18.2 Å². The number of rotatable bonds is 3. The molecule has 3 nitrogen and oxygen atoms in total. The van der Waals surface area contributed by atoms with E-state index in [0.717, 1.165) is 13.2 Å². The van der Waals surface area contributed by atoms with Crippen LogP contribution in [0, 0.1) is 5.82 Å². The minimum absolute atomic E-state index is 0. The van der Waals surface area contributed by atoms with Crippen molar-refractivity contribution in [1.29, 1.82) is 0 Å². The van der Waals surface area contributed by atoms with E-state index >= 15 is 0 Å². The molecule has 0 heterocycles. The standard InChI is InChI=1S/C10H7Cl2FO3.Na.H/c1-16-10(15)8(12)9(14)5-2-3-6(11)7(13)4-5;;/h2-4,8H,1H3;;. The van der Waals surface area contributed by atoms with E-state index in [-0.39, 0.29) is 40.1 Å². The fourth-order valence-electron chi connectivity index (χ4n) is 1.01. The molecule has 0 aromatic heterocycles. The molecule has 0 aliphatic carbocycles. The number of hydrogen-bond acceptors (Lipinski definition) is 3. The predicted molar refractivity (Wildman–Crippen MR) is 64.5 cm³/mol. The van der Waals surface area contributed by atoms with Crippen molar-refractivity contribution in [1.82, 2.24) is 0 Å². The Morgan fingerprint density at radius 2 is 2.00 bits per heavy atom. The normalized spacial score (nSPS) is 11.3. The topological polar surface area (TPSA) is 43.4 Å². The predicted octanol–water partition coefficient (Wildman–Crippen LogP) is 1.79. The van der Waals surface area contributed by atoms with Crippen LogP contribution in [0.3, 0.4) is 0 Å². The van der Waals surface area contributed by atoms with Gasteiger partial charge in [-0.15, -0.1) is 11.6 Å². The van der Waals surface area contributed by atoms with Crippen molar-refractivity contribution in [2.75, 3.05) is 7.11 Å². The average molecular weight is 289 g/mol. The molecule has 1 unspecified atom stereocenters. The number of ketones is 1. The third-order valence-electron chi connectivity index (χ3n) is 1.84. The summed E-state index contributed by atoms with van der Waals surface area (Å²) in [6.45, 7) is 0.